The molecule has 328 valence electrons. The number of hydrogen-bond acceptors (Lipinski definition) is 21. The van der Waals surface area contributed by atoms with Crippen LogP contribution in [0.25, 0.3) is 0 Å². The summed E-state index contributed by atoms with van der Waals surface area (Å²) in [6, 6.07) is 0. The van der Waals surface area contributed by atoms with Gasteiger partial charge in [-0.3, -0.25) is 9.59 Å². The molecule has 0 aromatic heterocycles. The van der Waals surface area contributed by atoms with Crippen molar-refractivity contribution in [3.63, 3.8) is 0 Å². The number of carbonyl (C=O) groups is 2. The summed E-state index contributed by atoms with van der Waals surface area (Å²) in [6.45, 7) is 1.36. The Kier molecular flexibility index (Phi) is 13.8. The highest BCUT2D eigenvalue weighted by Crippen LogP contribution is 2.51. The minimum absolute atomic E-state index is 0.0566. The lowest BCUT2D eigenvalue weighted by Gasteiger charge is -2.61. The predicted octanol–water partition coefficient (Wildman–Crippen LogP) is -6.61. The molecule has 13 N–H and O–H groups in total. The van der Waals surface area contributed by atoms with Crippen molar-refractivity contribution in [1.82, 2.24) is 5.32 Å². The van der Waals surface area contributed by atoms with Crippen LogP contribution in [0.15, 0.2) is 0 Å². The molecule has 0 aromatic rings. The highest BCUT2D eigenvalue weighted by Gasteiger charge is 2.73. The van der Waals surface area contributed by atoms with Crippen LogP contribution in [0.4, 0.5) is 0 Å². The number of fused-ring (bicyclic) bond motifs is 4. The maximum atomic E-state index is 13.0. The van der Waals surface area contributed by atoms with E-state index in [0.717, 1.165) is 0 Å². The molecule has 0 spiro atoms. The van der Waals surface area contributed by atoms with Gasteiger partial charge in [-0.25, -0.2) is 0 Å². The molecule has 6 aliphatic rings. The van der Waals surface area contributed by atoms with E-state index in [1.807, 2.05) is 0 Å². The largest absolute Gasteiger partial charge is 0.394 e. The summed E-state index contributed by atoms with van der Waals surface area (Å²) < 4.78 is 52.9. The summed E-state index contributed by atoms with van der Waals surface area (Å²) in [5.74, 6) is -4.12. The van der Waals surface area contributed by atoms with Crippen LogP contribution < -0.4 is 11.1 Å². The molecular weight excluding hydrogens is 772 g/mol. The van der Waals surface area contributed by atoms with E-state index in [0.29, 0.717) is 0 Å². The Balaban J connectivity index is 1.23. The normalized spacial score (nSPS) is 49.5. The van der Waals surface area contributed by atoms with Crippen molar-refractivity contribution in [2.45, 2.75) is 174 Å². The first-order valence-corrected chi connectivity index (χ1v) is 19.2. The molecule has 6 saturated heterocycles. The lowest BCUT2D eigenvalue weighted by atomic mass is 9.70. The lowest BCUT2D eigenvalue weighted by molar-refractivity contribution is -0.451. The maximum absolute atomic E-state index is 13.0. The van der Waals surface area contributed by atoms with Crippen molar-refractivity contribution >= 4 is 11.8 Å². The molecule has 4 bridgehead atoms. The molecule has 0 unspecified atom stereocenters. The van der Waals surface area contributed by atoms with Gasteiger partial charge in [-0.15, -0.1) is 0 Å². The van der Waals surface area contributed by atoms with Crippen molar-refractivity contribution in [2.24, 2.45) is 5.73 Å². The van der Waals surface area contributed by atoms with Gasteiger partial charge in [0.15, 0.2) is 24.5 Å². The average Bonchev–Trinajstić information content (AvgIpc) is 3.65. The van der Waals surface area contributed by atoms with Gasteiger partial charge in [0.1, 0.15) is 85.5 Å². The summed E-state index contributed by atoms with van der Waals surface area (Å²) in [6.07, 6.45) is -26.2. The molecule has 23 nitrogen and oxygen atoms in total. The van der Waals surface area contributed by atoms with Crippen LogP contribution in [0.3, 0.4) is 0 Å². The van der Waals surface area contributed by atoms with Gasteiger partial charge < -0.3 is 105 Å². The number of carbonyl (C=O) groups excluding carboxylic acids is 2. The molecule has 6 aliphatic heterocycles. The predicted molar refractivity (Wildman–Crippen MR) is 180 cm³/mol. The van der Waals surface area contributed by atoms with Crippen molar-refractivity contribution in [3.8, 4) is 0 Å². The quantitative estimate of drug-likeness (QED) is 0.0643. The number of nitrogens with two attached hydrogens (primary N) is 1. The SMILES string of the molecule is CCC[C@@]1(O[C@@H]2[C@H]3OC[C@@H]2O[C@@H](O[C@@H]2[C@@H](O)[C@H](O[C@@H]4[C@H]5OC[C@@H]4O[C@@H](O)[C@H]5O)O[C@H](CO)[C@H]2O)[C@H]3O)O[C@H](CO)[C@@H](O)[C@@](O)(NC(=O)CCC(N)=O)[C@]1(O)CCC. The molecular formula is C34H56N2O21. The maximum Gasteiger partial charge on any atom is 0.222 e. The first kappa shape index (κ1) is 44.7. The Morgan fingerprint density at radius 1 is 0.737 bits per heavy atom. The Morgan fingerprint density at radius 3 is 1.95 bits per heavy atom. The second-order valence-electron chi connectivity index (χ2n) is 15.4. The summed E-state index contributed by atoms with van der Waals surface area (Å²) >= 11 is 0. The minimum Gasteiger partial charge on any atom is -0.394 e. The molecule has 23 heteroatoms. The van der Waals surface area contributed by atoms with Crippen LogP contribution in [0.1, 0.15) is 52.4 Å². The van der Waals surface area contributed by atoms with Gasteiger partial charge in [-0.05, 0) is 6.42 Å². The van der Waals surface area contributed by atoms with Gasteiger partial charge in [0.25, 0.3) is 0 Å². The summed E-state index contributed by atoms with van der Waals surface area (Å²) in [7, 11) is 0. The van der Waals surface area contributed by atoms with Crippen LogP contribution in [0.5, 0.6) is 0 Å². The molecule has 57 heavy (non-hydrogen) atoms. The molecule has 0 radical (unpaired) electrons. The number of nitrogens with one attached hydrogen (secondary N) is 1. The van der Waals surface area contributed by atoms with Crippen molar-refractivity contribution < 1.29 is 103 Å². The molecule has 0 saturated carbocycles. The van der Waals surface area contributed by atoms with E-state index in [4.69, 9.17) is 48.4 Å². The molecule has 6 fully saturated rings. The number of hydrogen-bond donors (Lipinski definition) is 12. The number of amides is 2. The van der Waals surface area contributed by atoms with Crippen LogP contribution >= 0.6 is 0 Å². The fourth-order valence-corrected chi connectivity index (χ4v) is 8.70. The second kappa shape index (κ2) is 17.6. The van der Waals surface area contributed by atoms with E-state index >= 15 is 0 Å². The van der Waals surface area contributed by atoms with E-state index in [9.17, 15) is 60.7 Å². The third-order valence-corrected chi connectivity index (χ3v) is 11.6. The fourth-order valence-electron chi connectivity index (χ4n) is 8.70. The van der Waals surface area contributed by atoms with Crippen molar-refractivity contribution in [3.05, 3.63) is 0 Å². The molecule has 20 atom stereocenters. The third kappa shape index (κ3) is 7.95. The lowest BCUT2D eigenvalue weighted by Crippen LogP contribution is -2.85. The summed E-state index contributed by atoms with van der Waals surface area (Å²) in [4.78, 5) is 24.4. The molecule has 0 aliphatic carbocycles. The van der Waals surface area contributed by atoms with E-state index in [2.05, 4.69) is 5.32 Å². The van der Waals surface area contributed by atoms with E-state index in [1.54, 1.807) is 13.8 Å². The highest BCUT2D eigenvalue weighted by atomic mass is 16.8. The number of aliphatic hydroxyl groups is 10. The Hall–Kier alpha value is -1.82. The number of rotatable bonds is 16. The van der Waals surface area contributed by atoms with Crippen LogP contribution in [0, 0.1) is 0 Å². The Bertz CT molecular complexity index is 1400. The molecule has 2 amide bonds. The van der Waals surface area contributed by atoms with E-state index in [1.165, 1.54) is 0 Å². The van der Waals surface area contributed by atoms with Gasteiger partial charge in [0.05, 0.1) is 26.4 Å². The van der Waals surface area contributed by atoms with Gasteiger partial charge in [-0.2, -0.15) is 0 Å². The summed E-state index contributed by atoms with van der Waals surface area (Å²) in [5, 5.41) is 113. The second-order valence-corrected chi connectivity index (χ2v) is 15.4. The van der Waals surface area contributed by atoms with Gasteiger partial charge >= 0.3 is 0 Å². The fraction of sp³-hybridized carbons (Fsp3) is 0.941. The zero-order valence-corrected chi connectivity index (χ0v) is 31.4. The number of primary amides is 1. The Morgan fingerprint density at radius 2 is 1.33 bits per heavy atom. The zero-order chi connectivity index (χ0) is 41.6. The molecule has 6 rings (SSSR count). The number of aliphatic hydroxyl groups excluding tert-OH is 8. The van der Waals surface area contributed by atoms with Crippen LogP contribution in [-0.2, 0) is 52.2 Å². The van der Waals surface area contributed by atoms with Gasteiger partial charge in [-0.1, -0.05) is 26.7 Å². The van der Waals surface area contributed by atoms with E-state index in [-0.39, 0.29) is 38.9 Å². The monoisotopic (exact) mass is 828 g/mol. The third-order valence-electron chi connectivity index (χ3n) is 11.6. The standard InChI is InChI=1S/C34H56N2O21/c1-3-7-32(47)33(8-4-2,56-14(10-38)28(45)34(32,48)36-18(40)6-5-17(35)39)57-24-16-12-50-27(24)22(44)31(53-16)55-25-19(41)13(9-37)52-30(21(25)43)54-23-15-11-49-26(23)20(42)29(46)51-15/h13-16,19-31,37-38,41-48H,3-12H2,1-2H3,(H2,35,39)(H,36,40)/t13-,14-,15+,16+,19-,20+,21-,22+,23+,24+,25+,26+,27+,28-,29-,30+,31+,32+,33+,34+/m1/s1. The smallest absolute Gasteiger partial charge is 0.222 e. The average molecular weight is 829 g/mol. The van der Waals surface area contributed by atoms with Crippen LogP contribution in [0.2, 0.25) is 0 Å². The zero-order valence-electron chi connectivity index (χ0n) is 31.4. The minimum atomic E-state index is -2.94. The molecule has 6 heterocycles. The van der Waals surface area contributed by atoms with Crippen molar-refractivity contribution in [2.75, 3.05) is 26.4 Å². The van der Waals surface area contributed by atoms with Gasteiger partial charge in [0, 0.05) is 19.3 Å². The number of ether oxygens (including phenoxy) is 9. The first-order valence-electron chi connectivity index (χ1n) is 19.2. The highest BCUT2D eigenvalue weighted by molar-refractivity contribution is 5.83. The Labute approximate surface area is 326 Å². The van der Waals surface area contributed by atoms with E-state index < -0.39 is 159 Å². The topological polar surface area (TPSA) is 358 Å². The van der Waals surface area contributed by atoms with Crippen molar-refractivity contribution in [1.29, 1.82) is 0 Å². The van der Waals surface area contributed by atoms with Gasteiger partial charge in [0.2, 0.25) is 23.3 Å². The summed E-state index contributed by atoms with van der Waals surface area (Å²) in [5.41, 5.74) is -0.425. The first-order chi connectivity index (χ1) is 27.0. The molecule has 0 aromatic carbocycles. The van der Waals surface area contributed by atoms with Crippen LogP contribution in [-0.4, -0.2) is 211 Å².